The number of rotatable bonds is 8. The molecule has 4 N–H and O–H groups in total. The van der Waals surface area contributed by atoms with Crippen LogP contribution in [0.1, 0.15) is 11.4 Å². The highest BCUT2D eigenvalue weighted by Gasteiger charge is 2.54. The monoisotopic (exact) mass is 475 g/mol. The predicted octanol–water partition coefficient (Wildman–Crippen LogP) is 0.463. The number of aliphatic carboxylic acids is 2. The van der Waals surface area contributed by atoms with Crippen molar-refractivity contribution in [2.45, 2.75) is 29.4 Å². The summed E-state index contributed by atoms with van der Waals surface area (Å²) in [6.45, 7) is 0. The van der Waals surface area contributed by atoms with Gasteiger partial charge in [-0.15, -0.1) is 16.9 Å². The molecule has 166 valence electrons. The molecule has 0 aliphatic carbocycles. The van der Waals surface area contributed by atoms with Crippen molar-refractivity contribution in [3.8, 4) is 0 Å². The van der Waals surface area contributed by atoms with Crippen molar-refractivity contribution in [1.82, 2.24) is 25.4 Å². The molecule has 13 heteroatoms. The van der Waals surface area contributed by atoms with Crippen LogP contribution in [0.3, 0.4) is 0 Å². The second-order valence-corrected chi connectivity index (χ2v) is 9.10. The van der Waals surface area contributed by atoms with Gasteiger partial charge in [-0.2, -0.15) is 0 Å². The SMILES string of the molecule is O=C(O)Cc1nc(SC2=C(C(=O)O)N3C(=O)[C@@H](NC(=O)Cc4ccccc4)[C@@H]3SC2)n[nH]1. The van der Waals surface area contributed by atoms with E-state index in [0.717, 1.165) is 22.2 Å². The Morgan fingerprint density at radius 1 is 1.22 bits per heavy atom. The molecule has 32 heavy (non-hydrogen) atoms. The van der Waals surface area contributed by atoms with Crippen molar-refractivity contribution in [3.63, 3.8) is 0 Å². The molecule has 4 rings (SSSR count). The highest BCUT2D eigenvalue weighted by atomic mass is 32.2. The lowest BCUT2D eigenvalue weighted by Gasteiger charge is -2.49. The van der Waals surface area contributed by atoms with Gasteiger partial charge in [0.2, 0.25) is 11.1 Å². The molecule has 3 heterocycles. The van der Waals surface area contributed by atoms with Gasteiger partial charge in [0.1, 0.15) is 29.4 Å². The third kappa shape index (κ3) is 4.48. The number of nitrogens with one attached hydrogen (secondary N) is 2. The fourth-order valence-corrected chi connectivity index (χ4v) is 5.71. The number of aromatic amines is 1. The molecule has 2 atom stereocenters. The number of fused-ring (bicyclic) bond motifs is 1. The molecule has 0 spiro atoms. The summed E-state index contributed by atoms with van der Waals surface area (Å²) in [5, 5.41) is 27.3. The number of carboxylic acid groups (broad SMARTS) is 2. The molecule has 2 aliphatic rings. The fraction of sp³-hybridized carbons (Fsp3) is 0.263. The van der Waals surface area contributed by atoms with Crippen LogP contribution in [0.4, 0.5) is 0 Å². The van der Waals surface area contributed by atoms with Gasteiger partial charge in [-0.25, -0.2) is 9.78 Å². The maximum atomic E-state index is 12.7. The van der Waals surface area contributed by atoms with E-state index >= 15 is 0 Å². The van der Waals surface area contributed by atoms with Gasteiger partial charge in [0.15, 0.2) is 0 Å². The number of thioether (sulfide) groups is 2. The van der Waals surface area contributed by atoms with Crippen LogP contribution in [0.25, 0.3) is 0 Å². The molecule has 2 amide bonds. The number of benzene rings is 1. The zero-order chi connectivity index (χ0) is 22.8. The largest absolute Gasteiger partial charge is 0.481 e. The van der Waals surface area contributed by atoms with Gasteiger partial charge < -0.3 is 15.5 Å². The summed E-state index contributed by atoms with van der Waals surface area (Å²) in [5.74, 6) is -2.76. The smallest absolute Gasteiger partial charge is 0.353 e. The van der Waals surface area contributed by atoms with Crippen molar-refractivity contribution in [3.05, 3.63) is 52.3 Å². The van der Waals surface area contributed by atoms with E-state index in [1.807, 2.05) is 30.3 Å². The van der Waals surface area contributed by atoms with Crippen molar-refractivity contribution in [2.75, 3.05) is 5.75 Å². The maximum Gasteiger partial charge on any atom is 0.353 e. The number of carbonyl (C=O) groups excluding carboxylic acids is 2. The van der Waals surface area contributed by atoms with Gasteiger partial charge in [-0.3, -0.25) is 24.4 Å². The summed E-state index contributed by atoms with van der Waals surface area (Å²) in [6, 6.07) is 8.29. The summed E-state index contributed by atoms with van der Waals surface area (Å²) in [6.07, 6.45) is -0.224. The molecule has 1 fully saturated rings. The van der Waals surface area contributed by atoms with Crippen molar-refractivity contribution < 1.29 is 29.4 Å². The van der Waals surface area contributed by atoms with E-state index in [0.29, 0.717) is 4.91 Å². The number of carboxylic acids is 2. The average molecular weight is 476 g/mol. The zero-order valence-corrected chi connectivity index (χ0v) is 18.0. The third-order valence-electron chi connectivity index (χ3n) is 4.70. The number of H-pyrrole nitrogens is 1. The minimum absolute atomic E-state index is 0.119. The van der Waals surface area contributed by atoms with Gasteiger partial charge in [-0.05, 0) is 17.3 Å². The van der Waals surface area contributed by atoms with Crippen LogP contribution in [0, 0.1) is 0 Å². The second kappa shape index (κ2) is 9.04. The zero-order valence-electron chi connectivity index (χ0n) is 16.3. The first kappa shape index (κ1) is 21.9. The molecule has 11 nitrogen and oxygen atoms in total. The molecule has 1 aromatic heterocycles. The van der Waals surface area contributed by atoms with Gasteiger partial charge >= 0.3 is 11.9 Å². The first-order chi connectivity index (χ1) is 15.3. The van der Waals surface area contributed by atoms with Crippen LogP contribution in [0.2, 0.25) is 0 Å². The number of amides is 2. The van der Waals surface area contributed by atoms with Crippen LogP contribution in [0.5, 0.6) is 0 Å². The van der Waals surface area contributed by atoms with E-state index in [4.69, 9.17) is 5.11 Å². The van der Waals surface area contributed by atoms with Crippen LogP contribution in [-0.4, -0.2) is 71.2 Å². The van der Waals surface area contributed by atoms with Crippen LogP contribution >= 0.6 is 23.5 Å². The normalized spacial score (nSPS) is 19.9. The minimum Gasteiger partial charge on any atom is -0.481 e. The molecule has 1 saturated heterocycles. The molecular weight excluding hydrogens is 458 g/mol. The Morgan fingerprint density at radius 2 is 1.97 bits per heavy atom. The van der Waals surface area contributed by atoms with Gasteiger partial charge in [0.25, 0.3) is 5.91 Å². The summed E-state index contributed by atoms with van der Waals surface area (Å²) in [5.41, 5.74) is 0.630. The predicted molar refractivity (Wildman–Crippen MR) is 113 cm³/mol. The van der Waals surface area contributed by atoms with Crippen molar-refractivity contribution in [2.24, 2.45) is 0 Å². The van der Waals surface area contributed by atoms with E-state index in [1.54, 1.807) is 0 Å². The minimum atomic E-state index is -1.28. The van der Waals surface area contributed by atoms with Crippen LogP contribution < -0.4 is 5.32 Å². The Morgan fingerprint density at radius 3 is 2.66 bits per heavy atom. The lowest BCUT2D eigenvalue weighted by Crippen LogP contribution is -2.70. The summed E-state index contributed by atoms with van der Waals surface area (Å²) in [4.78, 5) is 53.3. The van der Waals surface area contributed by atoms with E-state index in [2.05, 4.69) is 20.5 Å². The molecule has 0 radical (unpaired) electrons. The molecular formula is C19H17N5O6S2. The van der Waals surface area contributed by atoms with Gasteiger partial charge in [-0.1, -0.05) is 30.3 Å². The Hall–Kier alpha value is -3.32. The molecule has 2 aliphatic heterocycles. The fourth-order valence-electron chi connectivity index (χ4n) is 3.33. The summed E-state index contributed by atoms with van der Waals surface area (Å²) < 4.78 is 0. The molecule has 2 aromatic rings. The van der Waals surface area contributed by atoms with E-state index in [9.17, 15) is 24.3 Å². The molecule has 0 bridgehead atoms. The number of hydrogen-bond acceptors (Lipinski definition) is 8. The van der Waals surface area contributed by atoms with Crippen LogP contribution in [0.15, 0.2) is 46.1 Å². The molecule has 1 aromatic carbocycles. The first-order valence-corrected chi connectivity index (χ1v) is 11.3. The topological polar surface area (TPSA) is 166 Å². The quantitative estimate of drug-likeness (QED) is 0.394. The summed E-state index contributed by atoms with van der Waals surface area (Å²) in [7, 11) is 0. The molecule has 0 unspecified atom stereocenters. The van der Waals surface area contributed by atoms with Crippen molar-refractivity contribution >= 4 is 47.3 Å². The number of β-lactam (4-membered cyclic amide) rings is 1. The van der Waals surface area contributed by atoms with E-state index < -0.39 is 29.3 Å². The van der Waals surface area contributed by atoms with Crippen LogP contribution in [-0.2, 0) is 32.0 Å². The van der Waals surface area contributed by atoms with Crippen molar-refractivity contribution in [1.29, 1.82) is 0 Å². The number of carbonyl (C=O) groups is 4. The average Bonchev–Trinajstić information content (AvgIpc) is 3.18. The number of hydrogen-bond donors (Lipinski definition) is 4. The Labute approximate surface area is 189 Å². The van der Waals surface area contributed by atoms with Gasteiger partial charge in [0, 0.05) is 10.7 Å². The van der Waals surface area contributed by atoms with E-state index in [-0.39, 0.29) is 41.2 Å². The van der Waals surface area contributed by atoms with E-state index in [1.165, 1.54) is 11.8 Å². The number of nitrogens with zero attached hydrogens (tertiary/aromatic N) is 3. The standard InChI is InChI=1S/C19H17N5O6S2/c25-12(6-9-4-2-1-3-5-9)21-14-16(28)24-15(18(29)30)10(8-31-17(14)24)32-19-20-11(22-23-19)7-13(26)27/h1-5,14,17H,6-8H2,(H,21,25)(H,26,27)(H,29,30)(H,20,22,23)/t14-,17+/m1/s1. The lowest BCUT2D eigenvalue weighted by atomic mass is 10.0. The molecule has 0 saturated carbocycles. The second-order valence-electron chi connectivity index (χ2n) is 6.93. The first-order valence-electron chi connectivity index (χ1n) is 9.39. The Kier molecular flexibility index (Phi) is 6.19. The number of aromatic nitrogens is 3. The Balaban J connectivity index is 1.46. The Bertz CT molecular complexity index is 1120. The lowest BCUT2D eigenvalue weighted by molar-refractivity contribution is -0.150. The van der Waals surface area contributed by atoms with Gasteiger partial charge in [0.05, 0.1) is 6.42 Å². The maximum absolute atomic E-state index is 12.7. The summed E-state index contributed by atoms with van der Waals surface area (Å²) >= 11 is 2.29. The highest BCUT2D eigenvalue weighted by Crippen LogP contribution is 2.44. The highest BCUT2D eigenvalue weighted by molar-refractivity contribution is 8.06. The third-order valence-corrected chi connectivity index (χ3v) is 7.12.